The Labute approximate surface area is 108 Å². The van der Waals surface area contributed by atoms with Crippen LogP contribution in [0, 0.1) is 11.3 Å². The lowest BCUT2D eigenvalue weighted by atomic mass is 9.84. The van der Waals surface area contributed by atoms with Gasteiger partial charge in [-0.1, -0.05) is 6.92 Å². The average molecular weight is 260 g/mol. The first-order chi connectivity index (χ1) is 8.62. The van der Waals surface area contributed by atoms with Gasteiger partial charge < -0.3 is 24.8 Å². The second kappa shape index (κ2) is 5.84. The number of aliphatic hydroxyl groups is 3. The second-order valence-corrected chi connectivity index (χ2v) is 5.69. The van der Waals surface area contributed by atoms with Crippen LogP contribution in [0.5, 0.6) is 0 Å². The Bertz CT molecular complexity index is 229. The summed E-state index contributed by atoms with van der Waals surface area (Å²) < 4.78 is 9.82. The number of hydrogen-bond donors (Lipinski definition) is 3. The van der Waals surface area contributed by atoms with Crippen LogP contribution in [0.15, 0.2) is 0 Å². The van der Waals surface area contributed by atoms with Gasteiger partial charge in [-0.05, 0) is 25.2 Å². The van der Waals surface area contributed by atoms with Gasteiger partial charge in [0.15, 0.2) is 0 Å². The molecule has 0 aromatic heterocycles. The minimum absolute atomic E-state index is 0.0735. The van der Waals surface area contributed by atoms with Crippen LogP contribution in [-0.4, -0.2) is 60.1 Å². The normalized spacial score (nSPS) is 31.7. The topological polar surface area (TPSA) is 82.5 Å². The van der Waals surface area contributed by atoms with Crippen molar-refractivity contribution in [3.63, 3.8) is 0 Å². The second-order valence-electron chi connectivity index (χ2n) is 5.69. The lowest BCUT2D eigenvalue weighted by molar-refractivity contribution is -0.138. The summed E-state index contributed by atoms with van der Waals surface area (Å²) in [4.78, 5) is 0. The highest BCUT2D eigenvalue weighted by atomic mass is 16.6. The molecule has 0 aromatic rings. The molecule has 3 unspecified atom stereocenters. The fraction of sp³-hybridized carbons (Fsp3) is 1.00. The van der Waals surface area contributed by atoms with E-state index >= 15 is 0 Å². The van der Waals surface area contributed by atoms with Crippen LogP contribution in [0.4, 0.5) is 0 Å². The molecule has 2 heterocycles. The highest BCUT2D eigenvalue weighted by Gasteiger charge is 2.42. The first-order valence-corrected chi connectivity index (χ1v) is 6.78. The maximum atomic E-state index is 9.34. The van der Waals surface area contributed by atoms with Gasteiger partial charge in [-0.3, -0.25) is 0 Å². The third-order valence-electron chi connectivity index (χ3n) is 4.10. The highest BCUT2D eigenvalue weighted by Crippen LogP contribution is 2.36. The predicted molar refractivity (Wildman–Crippen MR) is 65.1 cm³/mol. The van der Waals surface area contributed by atoms with Crippen LogP contribution in [0.2, 0.25) is 0 Å². The Hall–Kier alpha value is -0.200. The molecule has 18 heavy (non-hydrogen) atoms. The lowest BCUT2D eigenvalue weighted by Crippen LogP contribution is -2.44. The van der Waals surface area contributed by atoms with Crippen molar-refractivity contribution in [2.45, 2.75) is 44.5 Å². The van der Waals surface area contributed by atoms with E-state index in [1.165, 1.54) is 0 Å². The largest absolute Gasteiger partial charge is 0.396 e. The van der Waals surface area contributed by atoms with E-state index in [0.717, 1.165) is 32.5 Å². The van der Waals surface area contributed by atoms with E-state index in [1.807, 2.05) is 0 Å². The summed E-state index contributed by atoms with van der Waals surface area (Å²) in [7, 11) is 0. The Balaban J connectivity index is 0.000000138. The molecule has 3 N–H and O–H groups in total. The Morgan fingerprint density at radius 3 is 2.06 bits per heavy atom. The zero-order chi connectivity index (χ0) is 13.2. The van der Waals surface area contributed by atoms with E-state index in [2.05, 4.69) is 6.92 Å². The number of aliphatic hydroxyl groups excluding tert-OH is 3. The van der Waals surface area contributed by atoms with Crippen LogP contribution in [0.25, 0.3) is 0 Å². The standard InChI is InChI=1S/C7H12O3.C6H12O2/c8-6(4-1-2-4)7(9)5-3-10-5;1-2-6(3-7)4-8-5-6/h4-9H,1-3H2;7H,2-5H2,1H3. The summed E-state index contributed by atoms with van der Waals surface area (Å²) in [5.41, 5.74) is 0.139. The van der Waals surface area contributed by atoms with E-state index in [9.17, 15) is 10.2 Å². The Kier molecular flexibility index (Phi) is 4.61. The van der Waals surface area contributed by atoms with Gasteiger partial charge in [0.2, 0.25) is 0 Å². The maximum absolute atomic E-state index is 9.34. The minimum Gasteiger partial charge on any atom is -0.396 e. The molecule has 0 radical (unpaired) electrons. The van der Waals surface area contributed by atoms with Crippen molar-refractivity contribution in [2.75, 3.05) is 26.4 Å². The van der Waals surface area contributed by atoms with Gasteiger partial charge in [-0.25, -0.2) is 0 Å². The molecule has 106 valence electrons. The van der Waals surface area contributed by atoms with Crippen molar-refractivity contribution in [3.05, 3.63) is 0 Å². The zero-order valence-electron chi connectivity index (χ0n) is 10.9. The molecule has 3 fully saturated rings. The maximum Gasteiger partial charge on any atom is 0.109 e. The number of epoxide rings is 1. The first-order valence-electron chi connectivity index (χ1n) is 6.78. The van der Waals surface area contributed by atoms with Crippen molar-refractivity contribution in [3.8, 4) is 0 Å². The van der Waals surface area contributed by atoms with Gasteiger partial charge in [-0.15, -0.1) is 0 Å². The Morgan fingerprint density at radius 1 is 1.22 bits per heavy atom. The molecule has 5 heteroatoms. The van der Waals surface area contributed by atoms with Crippen molar-refractivity contribution >= 4 is 0 Å². The third kappa shape index (κ3) is 3.42. The van der Waals surface area contributed by atoms with Gasteiger partial charge in [0, 0.05) is 5.41 Å². The fourth-order valence-corrected chi connectivity index (χ4v) is 1.99. The van der Waals surface area contributed by atoms with Crippen LogP contribution < -0.4 is 0 Å². The molecule has 0 spiro atoms. The van der Waals surface area contributed by atoms with Crippen LogP contribution in [0.1, 0.15) is 26.2 Å². The van der Waals surface area contributed by atoms with Crippen molar-refractivity contribution < 1.29 is 24.8 Å². The van der Waals surface area contributed by atoms with Crippen molar-refractivity contribution in [2.24, 2.45) is 11.3 Å². The first kappa shape index (κ1) is 14.2. The summed E-state index contributed by atoms with van der Waals surface area (Å²) in [5.74, 6) is 0.346. The highest BCUT2D eigenvalue weighted by molar-refractivity contribution is 4.92. The molecule has 3 atom stereocenters. The van der Waals surface area contributed by atoms with Gasteiger partial charge in [0.25, 0.3) is 0 Å². The summed E-state index contributed by atoms with van der Waals surface area (Å²) in [5, 5.41) is 27.4. The zero-order valence-corrected chi connectivity index (χ0v) is 10.9. The summed E-state index contributed by atoms with van der Waals surface area (Å²) in [6.07, 6.45) is 1.91. The van der Waals surface area contributed by atoms with E-state index < -0.39 is 12.2 Å². The van der Waals surface area contributed by atoms with Crippen molar-refractivity contribution in [1.29, 1.82) is 0 Å². The van der Waals surface area contributed by atoms with Gasteiger partial charge in [0.1, 0.15) is 12.2 Å². The van der Waals surface area contributed by atoms with E-state index in [1.54, 1.807) is 0 Å². The molecular weight excluding hydrogens is 236 g/mol. The monoisotopic (exact) mass is 260 g/mol. The molecule has 0 amide bonds. The number of rotatable bonds is 5. The molecule has 5 nitrogen and oxygen atoms in total. The van der Waals surface area contributed by atoms with Gasteiger partial charge in [-0.2, -0.15) is 0 Å². The quantitative estimate of drug-likeness (QED) is 0.602. The number of ether oxygens (including phenoxy) is 2. The number of hydrogen-bond acceptors (Lipinski definition) is 5. The van der Waals surface area contributed by atoms with Crippen molar-refractivity contribution in [1.82, 2.24) is 0 Å². The molecule has 2 saturated heterocycles. The molecular formula is C13H24O5. The van der Waals surface area contributed by atoms with Crippen LogP contribution in [0.3, 0.4) is 0 Å². The van der Waals surface area contributed by atoms with Crippen LogP contribution in [-0.2, 0) is 9.47 Å². The molecule has 3 rings (SSSR count). The van der Waals surface area contributed by atoms with Gasteiger partial charge >= 0.3 is 0 Å². The summed E-state index contributed by atoms with van der Waals surface area (Å²) >= 11 is 0. The molecule has 1 saturated carbocycles. The lowest BCUT2D eigenvalue weighted by Gasteiger charge is -2.38. The third-order valence-corrected chi connectivity index (χ3v) is 4.10. The van der Waals surface area contributed by atoms with E-state index in [4.69, 9.17) is 14.6 Å². The van der Waals surface area contributed by atoms with E-state index in [0.29, 0.717) is 12.5 Å². The smallest absolute Gasteiger partial charge is 0.109 e. The minimum atomic E-state index is -0.632. The average Bonchev–Trinajstić information content (AvgIpc) is 3.20. The van der Waals surface area contributed by atoms with E-state index in [-0.39, 0.29) is 18.1 Å². The molecule has 0 aromatic carbocycles. The molecule has 2 aliphatic heterocycles. The van der Waals surface area contributed by atoms with Gasteiger partial charge in [0.05, 0.1) is 32.5 Å². The Morgan fingerprint density at radius 2 is 1.83 bits per heavy atom. The summed E-state index contributed by atoms with van der Waals surface area (Å²) in [6.45, 7) is 4.48. The fourth-order valence-electron chi connectivity index (χ4n) is 1.99. The molecule has 1 aliphatic carbocycles. The predicted octanol–water partition coefficient (Wildman–Crippen LogP) is -0.0777. The molecule has 0 bridgehead atoms. The molecule has 3 aliphatic rings. The van der Waals surface area contributed by atoms with Crippen LogP contribution >= 0.6 is 0 Å². The summed E-state index contributed by atoms with van der Waals surface area (Å²) in [6, 6.07) is 0. The SMILES string of the molecule is CCC1(CO)COC1.OC(C1CC1)C(O)C1CO1.